The number of nitrogens with zero attached hydrogens (tertiary/aromatic N) is 2. The summed E-state index contributed by atoms with van der Waals surface area (Å²) < 4.78 is 0. The van der Waals surface area contributed by atoms with Gasteiger partial charge >= 0.3 is 0 Å². The molecule has 0 fully saturated rings. The van der Waals surface area contributed by atoms with Crippen LogP contribution in [0, 0.1) is 12.3 Å². The molecule has 0 aliphatic heterocycles. The molecule has 0 saturated heterocycles. The number of phenols is 1. The van der Waals surface area contributed by atoms with E-state index in [1.807, 2.05) is 0 Å². The molecule has 1 aromatic heterocycles. The van der Waals surface area contributed by atoms with Gasteiger partial charge in [-0.25, -0.2) is 4.98 Å². The molecule has 0 bridgehead atoms. The fraction of sp³-hybridized carbons (Fsp3) is 0.130. The summed E-state index contributed by atoms with van der Waals surface area (Å²) in [7, 11) is 1.76. The molecule has 1 heterocycles. The number of aromatic nitrogens is 1. The number of hydrogen-bond donors (Lipinski definition) is 4. The Hall–Kier alpha value is -3.91. The van der Waals surface area contributed by atoms with Gasteiger partial charge in [0.1, 0.15) is 17.1 Å². The van der Waals surface area contributed by atoms with Crippen molar-refractivity contribution < 1.29 is 14.7 Å². The molecule has 2 amide bonds. The van der Waals surface area contributed by atoms with E-state index in [9.17, 15) is 14.7 Å². The lowest BCUT2D eigenvalue weighted by Gasteiger charge is -2.18. The van der Waals surface area contributed by atoms with E-state index in [1.165, 1.54) is 12.3 Å². The molecule has 0 saturated carbocycles. The molecule has 0 unspecified atom stereocenters. The highest BCUT2D eigenvalue weighted by molar-refractivity contribution is 6.30. The molecule has 3 rings (SSSR count). The Balaban J connectivity index is 1.85. The summed E-state index contributed by atoms with van der Waals surface area (Å²) in [6.07, 6.45) is 1.39. The number of hydrogen-bond acceptors (Lipinski definition) is 5. The quantitative estimate of drug-likeness (QED) is 0.331. The standard InChI is InChI=1S/C23H22ClN5O3/c1-13-4-10-18(20(21(13)30)23(32)28-19-11-7-16(24)12-26-19)27-22(31)15-5-8-17(9-6-15)29(3)14(2)25/h4-12,25,30H,1-3H3,(H,27,31)(H,26,28,32). The van der Waals surface area contributed by atoms with Crippen molar-refractivity contribution in [3.63, 3.8) is 0 Å². The number of halogens is 1. The molecule has 32 heavy (non-hydrogen) atoms. The van der Waals surface area contributed by atoms with Crippen LogP contribution in [0.2, 0.25) is 5.02 Å². The monoisotopic (exact) mass is 451 g/mol. The van der Waals surface area contributed by atoms with Crippen molar-refractivity contribution in [3.05, 3.63) is 76.4 Å². The van der Waals surface area contributed by atoms with Gasteiger partial charge in [0.2, 0.25) is 0 Å². The van der Waals surface area contributed by atoms with Gasteiger partial charge in [0, 0.05) is 24.5 Å². The Morgan fingerprint density at radius 3 is 2.31 bits per heavy atom. The number of benzene rings is 2. The van der Waals surface area contributed by atoms with Crippen LogP contribution in [0.1, 0.15) is 33.2 Å². The SMILES string of the molecule is CC(=N)N(C)c1ccc(C(=O)Nc2ccc(C)c(O)c2C(=O)Nc2ccc(Cl)cn2)cc1. The number of amides is 2. The molecule has 0 spiro atoms. The second-order valence-electron chi connectivity index (χ2n) is 7.11. The molecular weight excluding hydrogens is 430 g/mol. The van der Waals surface area contributed by atoms with Gasteiger partial charge in [0.05, 0.1) is 16.5 Å². The number of pyridine rings is 1. The van der Waals surface area contributed by atoms with Crippen LogP contribution in [0.4, 0.5) is 17.2 Å². The molecule has 0 aliphatic rings. The first-order chi connectivity index (χ1) is 15.2. The summed E-state index contributed by atoms with van der Waals surface area (Å²) in [4.78, 5) is 31.4. The number of carbonyl (C=O) groups excluding carboxylic acids is 2. The zero-order valence-electron chi connectivity index (χ0n) is 17.7. The van der Waals surface area contributed by atoms with Crippen molar-refractivity contribution in [1.82, 2.24) is 4.98 Å². The first-order valence-corrected chi connectivity index (χ1v) is 10.0. The number of nitrogens with one attached hydrogen (secondary N) is 3. The third-order valence-corrected chi connectivity index (χ3v) is 5.07. The van der Waals surface area contributed by atoms with Crippen molar-refractivity contribution >= 4 is 46.4 Å². The van der Waals surface area contributed by atoms with Gasteiger partial charge in [-0.15, -0.1) is 0 Å². The summed E-state index contributed by atoms with van der Waals surface area (Å²) in [5, 5.41) is 23.9. The first kappa shape index (κ1) is 22.8. The van der Waals surface area contributed by atoms with Gasteiger partial charge in [-0.2, -0.15) is 0 Å². The molecule has 0 atom stereocenters. The highest BCUT2D eigenvalue weighted by atomic mass is 35.5. The van der Waals surface area contributed by atoms with Crippen LogP contribution in [0.5, 0.6) is 5.75 Å². The molecule has 8 nitrogen and oxygen atoms in total. The highest BCUT2D eigenvalue weighted by Crippen LogP contribution is 2.30. The zero-order chi connectivity index (χ0) is 23.4. The molecule has 3 aromatic rings. The molecule has 0 radical (unpaired) electrons. The topological polar surface area (TPSA) is 118 Å². The number of carbonyl (C=O) groups is 2. The van der Waals surface area contributed by atoms with Gasteiger partial charge in [0.25, 0.3) is 11.8 Å². The van der Waals surface area contributed by atoms with Gasteiger partial charge in [-0.05, 0) is 61.9 Å². The zero-order valence-corrected chi connectivity index (χ0v) is 18.5. The van der Waals surface area contributed by atoms with Gasteiger partial charge in [-0.1, -0.05) is 17.7 Å². The lowest BCUT2D eigenvalue weighted by Crippen LogP contribution is -2.22. The van der Waals surface area contributed by atoms with Crippen molar-refractivity contribution in [2.24, 2.45) is 0 Å². The number of aryl methyl sites for hydroxylation is 1. The number of amidine groups is 1. The van der Waals surface area contributed by atoms with E-state index in [0.717, 1.165) is 5.69 Å². The summed E-state index contributed by atoms with van der Waals surface area (Å²) in [5.74, 6) is -0.711. The second kappa shape index (κ2) is 9.49. The Morgan fingerprint density at radius 2 is 1.72 bits per heavy atom. The van der Waals surface area contributed by atoms with Crippen LogP contribution in [-0.4, -0.2) is 34.8 Å². The fourth-order valence-electron chi connectivity index (χ4n) is 2.88. The minimum Gasteiger partial charge on any atom is -0.507 e. The van der Waals surface area contributed by atoms with E-state index >= 15 is 0 Å². The van der Waals surface area contributed by atoms with E-state index in [0.29, 0.717) is 22.0 Å². The maximum atomic E-state index is 12.9. The number of rotatable bonds is 5. The largest absolute Gasteiger partial charge is 0.507 e. The number of phenolic OH excluding ortho intramolecular Hbond substituents is 1. The van der Waals surface area contributed by atoms with Crippen molar-refractivity contribution in [3.8, 4) is 5.75 Å². The normalized spacial score (nSPS) is 10.4. The Labute approximate surface area is 190 Å². The molecule has 164 valence electrons. The summed E-state index contributed by atoms with van der Waals surface area (Å²) >= 11 is 5.82. The average Bonchev–Trinajstić information content (AvgIpc) is 2.77. The summed E-state index contributed by atoms with van der Waals surface area (Å²) in [6, 6.07) is 12.9. The fourth-order valence-corrected chi connectivity index (χ4v) is 2.99. The number of anilines is 3. The van der Waals surface area contributed by atoms with E-state index in [1.54, 1.807) is 68.3 Å². The van der Waals surface area contributed by atoms with Crippen molar-refractivity contribution in [2.75, 3.05) is 22.6 Å². The maximum absolute atomic E-state index is 12.9. The smallest absolute Gasteiger partial charge is 0.262 e. The van der Waals surface area contributed by atoms with E-state index in [-0.39, 0.29) is 22.8 Å². The van der Waals surface area contributed by atoms with Crippen LogP contribution in [0.15, 0.2) is 54.7 Å². The van der Waals surface area contributed by atoms with Gasteiger partial charge in [0.15, 0.2) is 0 Å². The average molecular weight is 452 g/mol. The van der Waals surface area contributed by atoms with Crippen molar-refractivity contribution in [1.29, 1.82) is 5.41 Å². The summed E-state index contributed by atoms with van der Waals surface area (Å²) in [5.41, 5.74) is 1.67. The first-order valence-electron chi connectivity index (χ1n) is 9.63. The Kier molecular flexibility index (Phi) is 6.75. The third-order valence-electron chi connectivity index (χ3n) is 4.84. The highest BCUT2D eigenvalue weighted by Gasteiger charge is 2.21. The van der Waals surface area contributed by atoms with Crippen molar-refractivity contribution in [2.45, 2.75) is 13.8 Å². The maximum Gasteiger partial charge on any atom is 0.262 e. The van der Waals surface area contributed by atoms with E-state index < -0.39 is 11.8 Å². The Bertz CT molecular complexity index is 1180. The van der Waals surface area contributed by atoms with Gasteiger partial charge < -0.3 is 20.6 Å². The second-order valence-corrected chi connectivity index (χ2v) is 7.55. The Morgan fingerprint density at radius 1 is 1.03 bits per heavy atom. The van der Waals surface area contributed by atoms with Crippen LogP contribution < -0.4 is 15.5 Å². The molecular formula is C23H22ClN5O3. The molecule has 4 N–H and O–H groups in total. The van der Waals surface area contributed by atoms with Gasteiger partial charge in [-0.3, -0.25) is 15.0 Å². The van der Waals surface area contributed by atoms with E-state index in [2.05, 4.69) is 15.6 Å². The summed E-state index contributed by atoms with van der Waals surface area (Å²) in [6.45, 7) is 3.31. The van der Waals surface area contributed by atoms with E-state index in [4.69, 9.17) is 17.0 Å². The number of aromatic hydroxyl groups is 1. The molecule has 2 aromatic carbocycles. The minimum absolute atomic E-state index is 0.0779. The minimum atomic E-state index is -0.630. The predicted molar refractivity (Wildman–Crippen MR) is 126 cm³/mol. The molecule has 9 heteroatoms. The third kappa shape index (κ3) is 5.04. The van der Waals surface area contributed by atoms with Crippen LogP contribution in [0.3, 0.4) is 0 Å². The van der Waals surface area contributed by atoms with Crippen LogP contribution in [-0.2, 0) is 0 Å². The lowest BCUT2D eigenvalue weighted by atomic mass is 10.1. The lowest BCUT2D eigenvalue weighted by molar-refractivity contribution is 0.102. The van der Waals surface area contributed by atoms with Crippen LogP contribution >= 0.6 is 11.6 Å². The predicted octanol–water partition coefficient (Wildman–Crippen LogP) is 4.69. The molecule has 0 aliphatic carbocycles. The van der Waals surface area contributed by atoms with Crippen LogP contribution in [0.25, 0.3) is 0 Å².